The normalized spacial score (nSPS) is 18.6. The van der Waals surface area contributed by atoms with Gasteiger partial charge in [0.2, 0.25) is 0 Å². The van der Waals surface area contributed by atoms with Crippen molar-refractivity contribution in [2.24, 2.45) is 0 Å². The summed E-state index contributed by atoms with van der Waals surface area (Å²) in [5.41, 5.74) is 0.0477. The fraction of sp³-hybridized carbons (Fsp3) is 0.500. The number of hydrogen-bond acceptors (Lipinski definition) is 5. The highest BCUT2D eigenvalue weighted by molar-refractivity contribution is 5.47. The number of piperidine rings is 1. The molecule has 1 saturated heterocycles. The molecule has 0 aromatic carbocycles. The number of nitrogens with zero attached hydrogens (tertiary/aromatic N) is 7. The number of anilines is 1. The van der Waals surface area contributed by atoms with Gasteiger partial charge >= 0.3 is 6.18 Å². The summed E-state index contributed by atoms with van der Waals surface area (Å²) in [7, 11) is 0. The number of hydrogen-bond donors (Lipinski definition) is 0. The summed E-state index contributed by atoms with van der Waals surface area (Å²) >= 11 is 0. The Bertz CT molecular complexity index is 914. The Hall–Kier alpha value is -2.65. The van der Waals surface area contributed by atoms with E-state index in [-0.39, 0.29) is 6.04 Å². The molecule has 0 saturated carbocycles. The predicted molar refractivity (Wildman–Crippen MR) is 87.9 cm³/mol. The van der Waals surface area contributed by atoms with Crippen molar-refractivity contribution >= 4 is 11.6 Å². The topological polar surface area (TPSA) is 64.1 Å². The lowest BCUT2D eigenvalue weighted by Gasteiger charge is -2.34. The molecule has 1 unspecified atom stereocenters. The number of rotatable bonds is 3. The molecule has 4 heterocycles. The quantitative estimate of drug-likeness (QED) is 0.714. The average molecular weight is 365 g/mol. The Balaban J connectivity index is 1.63. The van der Waals surface area contributed by atoms with Crippen LogP contribution in [0.4, 0.5) is 19.0 Å². The fourth-order valence-corrected chi connectivity index (χ4v) is 3.32. The minimum Gasteiger partial charge on any atom is -0.354 e. The third-order valence-electron chi connectivity index (χ3n) is 4.64. The lowest BCUT2D eigenvalue weighted by molar-refractivity contribution is -0.141. The summed E-state index contributed by atoms with van der Waals surface area (Å²) in [6, 6.07) is 2.86. The molecule has 0 aliphatic carbocycles. The van der Waals surface area contributed by atoms with E-state index in [0.29, 0.717) is 12.3 Å². The van der Waals surface area contributed by atoms with E-state index in [9.17, 15) is 13.2 Å². The van der Waals surface area contributed by atoms with Gasteiger partial charge in [-0.05, 0) is 25.3 Å². The van der Waals surface area contributed by atoms with Crippen LogP contribution < -0.4 is 4.90 Å². The Morgan fingerprint density at radius 1 is 1.31 bits per heavy atom. The summed E-state index contributed by atoms with van der Waals surface area (Å²) in [6.45, 7) is 3.37. The summed E-state index contributed by atoms with van der Waals surface area (Å²) in [6.07, 6.45) is 0.838. The molecule has 138 valence electrons. The van der Waals surface area contributed by atoms with Crippen molar-refractivity contribution in [2.75, 3.05) is 18.0 Å². The number of fused-ring (bicyclic) bond motifs is 1. The zero-order chi connectivity index (χ0) is 18.3. The van der Waals surface area contributed by atoms with E-state index in [2.05, 4.69) is 25.1 Å². The first kappa shape index (κ1) is 16.8. The molecular weight excluding hydrogens is 347 g/mol. The Morgan fingerprint density at radius 3 is 2.88 bits per heavy atom. The maximum absolute atomic E-state index is 12.8. The van der Waals surface area contributed by atoms with Crippen molar-refractivity contribution in [3.05, 3.63) is 36.0 Å². The third kappa shape index (κ3) is 2.99. The molecule has 0 N–H and O–H groups in total. The molecule has 10 heteroatoms. The minimum atomic E-state index is -4.42. The molecule has 26 heavy (non-hydrogen) atoms. The smallest absolute Gasteiger partial charge is 0.354 e. The SMILES string of the molecule is CCc1cc(N2CCCC(n3ccc(C(F)(F)F)n3)C2)n2ncnc2n1. The maximum Gasteiger partial charge on any atom is 0.435 e. The number of aromatic nitrogens is 6. The van der Waals surface area contributed by atoms with E-state index in [0.717, 1.165) is 43.4 Å². The van der Waals surface area contributed by atoms with Crippen LogP contribution in [0.15, 0.2) is 24.7 Å². The van der Waals surface area contributed by atoms with Crippen molar-refractivity contribution in [1.82, 2.24) is 29.4 Å². The van der Waals surface area contributed by atoms with E-state index in [1.807, 2.05) is 13.0 Å². The second-order valence-corrected chi connectivity index (χ2v) is 6.35. The fourth-order valence-electron chi connectivity index (χ4n) is 3.32. The van der Waals surface area contributed by atoms with Crippen LogP contribution in [-0.2, 0) is 12.6 Å². The summed E-state index contributed by atoms with van der Waals surface area (Å²) in [4.78, 5) is 10.7. The van der Waals surface area contributed by atoms with Gasteiger partial charge in [0.05, 0.1) is 6.04 Å². The molecule has 1 aliphatic rings. The van der Waals surface area contributed by atoms with Gasteiger partial charge in [-0.1, -0.05) is 6.92 Å². The Morgan fingerprint density at radius 2 is 2.15 bits per heavy atom. The van der Waals surface area contributed by atoms with Crippen LogP contribution in [0.25, 0.3) is 5.78 Å². The summed E-state index contributed by atoms with van der Waals surface area (Å²) in [5, 5.41) is 7.97. The molecule has 1 aliphatic heterocycles. The Kier molecular flexibility index (Phi) is 4.04. The number of aryl methyl sites for hydroxylation is 1. The zero-order valence-electron chi connectivity index (χ0n) is 14.2. The molecule has 0 spiro atoms. The predicted octanol–water partition coefficient (Wildman–Crippen LogP) is 2.74. The lowest BCUT2D eigenvalue weighted by Crippen LogP contribution is -2.38. The largest absolute Gasteiger partial charge is 0.435 e. The van der Waals surface area contributed by atoms with Crippen molar-refractivity contribution in [1.29, 1.82) is 0 Å². The highest BCUT2D eigenvalue weighted by Crippen LogP contribution is 2.30. The standard InChI is InChI=1S/C16H18F3N7/c1-2-11-8-14(26-15(22-11)20-10-21-26)24-6-3-4-12(9-24)25-7-5-13(23-25)16(17,18)19/h5,7-8,10,12H,2-4,6,9H2,1H3. The van der Waals surface area contributed by atoms with Gasteiger partial charge in [-0.3, -0.25) is 4.68 Å². The Labute approximate surface area is 147 Å². The van der Waals surface area contributed by atoms with E-state index >= 15 is 0 Å². The second-order valence-electron chi connectivity index (χ2n) is 6.35. The van der Waals surface area contributed by atoms with Crippen LogP contribution in [0, 0.1) is 0 Å². The first-order chi connectivity index (χ1) is 12.5. The van der Waals surface area contributed by atoms with Crippen LogP contribution in [0.1, 0.15) is 37.2 Å². The highest BCUT2D eigenvalue weighted by Gasteiger charge is 2.34. The van der Waals surface area contributed by atoms with E-state index in [1.54, 1.807) is 4.52 Å². The van der Waals surface area contributed by atoms with Crippen molar-refractivity contribution in [3.63, 3.8) is 0 Å². The monoisotopic (exact) mass is 365 g/mol. The molecule has 0 amide bonds. The van der Waals surface area contributed by atoms with E-state index in [4.69, 9.17) is 0 Å². The molecule has 3 aromatic heterocycles. The van der Waals surface area contributed by atoms with Gasteiger partial charge in [0.1, 0.15) is 12.1 Å². The third-order valence-corrected chi connectivity index (χ3v) is 4.64. The minimum absolute atomic E-state index is 0.128. The lowest BCUT2D eigenvalue weighted by atomic mass is 10.1. The number of halogens is 3. The summed E-state index contributed by atoms with van der Waals surface area (Å²) < 4.78 is 41.6. The molecule has 1 atom stereocenters. The van der Waals surface area contributed by atoms with Crippen molar-refractivity contribution in [3.8, 4) is 0 Å². The first-order valence-electron chi connectivity index (χ1n) is 8.52. The van der Waals surface area contributed by atoms with Gasteiger partial charge in [-0.15, -0.1) is 0 Å². The molecule has 0 bridgehead atoms. The second kappa shape index (κ2) is 6.26. The van der Waals surface area contributed by atoms with Gasteiger partial charge in [0.25, 0.3) is 5.78 Å². The molecule has 0 radical (unpaired) electrons. The van der Waals surface area contributed by atoms with Crippen LogP contribution >= 0.6 is 0 Å². The van der Waals surface area contributed by atoms with E-state index < -0.39 is 11.9 Å². The molecule has 7 nitrogen and oxygen atoms in total. The molecule has 4 rings (SSSR count). The van der Waals surface area contributed by atoms with Gasteiger partial charge in [0.15, 0.2) is 5.69 Å². The molecule has 1 fully saturated rings. The van der Waals surface area contributed by atoms with Crippen LogP contribution in [0.2, 0.25) is 0 Å². The van der Waals surface area contributed by atoms with Crippen LogP contribution in [-0.4, -0.2) is 42.5 Å². The van der Waals surface area contributed by atoms with Gasteiger partial charge in [0, 0.05) is 31.0 Å². The van der Waals surface area contributed by atoms with Gasteiger partial charge in [-0.25, -0.2) is 4.98 Å². The van der Waals surface area contributed by atoms with Crippen molar-refractivity contribution in [2.45, 2.75) is 38.4 Å². The molecule has 3 aromatic rings. The van der Waals surface area contributed by atoms with Gasteiger partial charge < -0.3 is 4.90 Å². The first-order valence-corrected chi connectivity index (χ1v) is 8.52. The highest BCUT2D eigenvalue weighted by atomic mass is 19.4. The maximum atomic E-state index is 12.8. The van der Waals surface area contributed by atoms with Crippen molar-refractivity contribution < 1.29 is 13.2 Å². The molecular formula is C16H18F3N7. The van der Waals surface area contributed by atoms with E-state index in [1.165, 1.54) is 17.2 Å². The zero-order valence-corrected chi connectivity index (χ0v) is 14.2. The number of alkyl halides is 3. The van der Waals surface area contributed by atoms with Crippen LogP contribution in [0.3, 0.4) is 0 Å². The summed E-state index contributed by atoms with van der Waals surface area (Å²) in [5.74, 6) is 1.39. The van der Waals surface area contributed by atoms with Gasteiger partial charge in [-0.2, -0.15) is 32.9 Å². The van der Waals surface area contributed by atoms with Crippen LogP contribution in [0.5, 0.6) is 0 Å². The average Bonchev–Trinajstić information content (AvgIpc) is 3.29.